The third-order valence-electron chi connectivity index (χ3n) is 8.13. The van der Waals surface area contributed by atoms with Crippen molar-refractivity contribution in [3.8, 4) is 0 Å². The average molecular weight is 362 g/mol. The fraction of sp³-hybridized carbons (Fsp3) is 0.750. The SMILES string of the molecule is C[C@@H]1C[C@@H](O)[C@@]23CO[C@@]2(CO)CCC[C@@H]3[C@@]12C[C@@H](c1ccoc1)OC2=O. The first-order valence-corrected chi connectivity index (χ1v) is 9.66. The molecule has 0 aromatic carbocycles. The molecule has 5 rings (SSSR count). The molecule has 1 aromatic heterocycles. The summed E-state index contributed by atoms with van der Waals surface area (Å²) in [5, 5.41) is 21.2. The summed E-state index contributed by atoms with van der Waals surface area (Å²) in [5.41, 5.74) is -1.00. The summed E-state index contributed by atoms with van der Waals surface area (Å²) in [6.45, 7) is 2.37. The molecule has 0 unspecified atom stereocenters. The van der Waals surface area contributed by atoms with Gasteiger partial charge >= 0.3 is 5.97 Å². The van der Waals surface area contributed by atoms with E-state index in [1.807, 2.05) is 6.07 Å². The van der Waals surface area contributed by atoms with Crippen molar-refractivity contribution >= 4 is 5.97 Å². The molecule has 4 aliphatic rings. The van der Waals surface area contributed by atoms with Gasteiger partial charge in [0.05, 0.1) is 42.7 Å². The molecule has 2 aliphatic carbocycles. The molecule has 2 aliphatic heterocycles. The zero-order valence-corrected chi connectivity index (χ0v) is 15.0. The van der Waals surface area contributed by atoms with Crippen LogP contribution in [0.1, 0.15) is 50.7 Å². The normalized spacial score (nSPS) is 50.0. The Labute approximate surface area is 152 Å². The van der Waals surface area contributed by atoms with Crippen LogP contribution in [0.4, 0.5) is 0 Å². The molecular weight excluding hydrogens is 336 g/mol. The number of cyclic esters (lactones) is 1. The van der Waals surface area contributed by atoms with Crippen molar-refractivity contribution in [3.05, 3.63) is 24.2 Å². The molecule has 7 atom stereocenters. The van der Waals surface area contributed by atoms with E-state index >= 15 is 0 Å². The second kappa shape index (κ2) is 5.33. The van der Waals surface area contributed by atoms with Crippen LogP contribution < -0.4 is 0 Å². The van der Waals surface area contributed by atoms with Gasteiger partial charge in [-0.1, -0.05) is 13.3 Å². The van der Waals surface area contributed by atoms with Crippen LogP contribution in [-0.4, -0.2) is 41.1 Å². The predicted octanol–water partition coefficient (Wildman–Crippen LogP) is 2.20. The van der Waals surface area contributed by atoms with Crippen molar-refractivity contribution in [2.24, 2.45) is 22.7 Å². The van der Waals surface area contributed by atoms with Crippen molar-refractivity contribution in [1.82, 2.24) is 0 Å². The Morgan fingerprint density at radius 2 is 2.23 bits per heavy atom. The number of aliphatic hydroxyl groups excluding tert-OH is 2. The van der Waals surface area contributed by atoms with Gasteiger partial charge in [-0.2, -0.15) is 0 Å². The van der Waals surface area contributed by atoms with Gasteiger partial charge in [0.25, 0.3) is 0 Å². The van der Waals surface area contributed by atoms with Crippen LogP contribution in [-0.2, 0) is 14.3 Å². The van der Waals surface area contributed by atoms with Gasteiger partial charge in [-0.25, -0.2) is 0 Å². The molecule has 2 spiro atoms. The van der Waals surface area contributed by atoms with Gasteiger partial charge in [-0.05, 0) is 37.2 Å². The number of esters is 1. The van der Waals surface area contributed by atoms with Crippen molar-refractivity contribution in [2.75, 3.05) is 13.2 Å². The maximum Gasteiger partial charge on any atom is 0.313 e. The summed E-state index contributed by atoms with van der Waals surface area (Å²) in [6, 6.07) is 1.85. The van der Waals surface area contributed by atoms with Crippen LogP contribution in [0.25, 0.3) is 0 Å². The largest absolute Gasteiger partial charge is 0.472 e. The topological polar surface area (TPSA) is 89.1 Å². The Hall–Kier alpha value is -1.37. The van der Waals surface area contributed by atoms with E-state index in [4.69, 9.17) is 13.9 Å². The van der Waals surface area contributed by atoms with Crippen LogP contribution >= 0.6 is 0 Å². The number of fused-ring (bicyclic) bond motifs is 1. The quantitative estimate of drug-likeness (QED) is 0.784. The lowest BCUT2D eigenvalue weighted by Gasteiger charge is -2.71. The minimum atomic E-state index is -0.712. The van der Waals surface area contributed by atoms with Crippen molar-refractivity contribution in [1.29, 1.82) is 0 Å². The minimum Gasteiger partial charge on any atom is -0.472 e. The highest BCUT2D eigenvalue weighted by atomic mass is 16.6. The van der Waals surface area contributed by atoms with E-state index in [1.165, 1.54) is 0 Å². The lowest BCUT2D eigenvalue weighted by molar-refractivity contribution is -0.373. The third kappa shape index (κ3) is 1.71. The highest BCUT2D eigenvalue weighted by molar-refractivity contribution is 5.81. The number of carbonyl (C=O) groups excluding carboxylic acids is 1. The fourth-order valence-electron chi connectivity index (χ4n) is 6.74. The number of hydrogen-bond acceptors (Lipinski definition) is 6. The molecule has 3 heterocycles. The van der Waals surface area contributed by atoms with Gasteiger partial charge in [-0.3, -0.25) is 4.79 Å². The first-order valence-electron chi connectivity index (χ1n) is 9.66. The van der Waals surface area contributed by atoms with Gasteiger partial charge in [-0.15, -0.1) is 0 Å². The summed E-state index contributed by atoms with van der Waals surface area (Å²) in [6.07, 6.45) is 6.00. The molecule has 142 valence electrons. The lowest BCUT2D eigenvalue weighted by atomic mass is 9.40. The van der Waals surface area contributed by atoms with Gasteiger partial charge < -0.3 is 24.1 Å². The second-order valence-corrected chi connectivity index (χ2v) is 8.77. The van der Waals surface area contributed by atoms with E-state index in [0.29, 0.717) is 19.4 Å². The van der Waals surface area contributed by atoms with Crippen LogP contribution in [0.3, 0.4) is 0 Å². The van der Waals surface area contributed by atoms with E-state index < -0.39 is 22.5 Å². The number of rotatable bonds is 2. The Balaban J connectivity index is 1.59. The van der Waals surface area contributed by atoms with E-state index in [1.54, 1.807) is 12.5 Å². The molecule has 2 saturated carbocycles. The second-order valence-electron chi connectivity index (χ2n) is 8.77. The molecule has 0 radical (unpaired) electrons. The summed E-state index contributed by atoms with van der Waals surface area (Å²) >= 11 is 0. The van der Waals surface area contributed by atoms with Crippen LogP contribution in [0.5, 0.6) is 0 Å². The zero-order valence-electron chi connectivity index (χ0n) is 15.0. The molecule has 0 amide bonds. The van der Waals surface area contributed by atoms with Crippen LogP contribution in [0, 0.1) is 22.7 Å². The van der Waals surface area contributed by atoms with E-state index in [2.05, 4.69) is 6.92 Å². The summed E-state index contributed by atoms with van der Waals surface area (Å²) in [7, 11) is 0. The smallest absolute Gasteiger partial charge is 0.313 e. The first kappa shape index (κ1) is 16.8. The highest BCUT2D eigenvalue weighted by Gasteiger charge is 2.77. The van der Waals surface area contributed by atoms with E-state index in [-0.39, 0.29) is 30.5 Å². The zero-order chi connectivity index (χ0) is 18.2. The van der Waals surface area contributed by atoms with Gasteiger partial charge in [0.15, 0.2) is 0 Å². The molecule has 2 N–H and O–H groups in total. The minimum absolute atomic E-state index is 0.0209. The summed E-state index contributed by atoms with van der Waals surface area (Å²) in [5.74, 6) is -0.173. The number of hydrogen-bond donors (Lipinski definition) is 2. The Kier molecular flexibility index (Phi) is 3.44. The molecule has 1 aromatic rings. The molecule has 2 saturated heterocycles. The molecule has 26 heavy (non-hydrogen) atoms. The molecular formula is C20H26O6. The molecule has 6 nitrogen and oxygen atoms in total. The summed E-state index contributed by atoms with van der Waals surface area (Å²) in [4.78, 5) is 13.3. The molecule has 6 heteroatoms. The standard InChI is InChI=1S/C20H26O6/c1-12-7-16(22)20-11-25-18(20,10-21)5-2-3-15(20)19(12)8-14(26-17(19)23)13-4-6-24-9-13/h4,6,9,12,14-16,21-22H,2-3,5,7-8,10-11H2,1H3/t12-,14+,15-,16-,18-,19-,20+/m1/s1. The van der Waals surface area contributed by atoms with Crippen LogP contribution in [0.15, 0.2) is 23.0 Å². The number of aliphatic hydroxyl groups is 2. The van der Waals surface area contributed by atoms with Crippen molar-refractivity contribution in [2.45, 2.75) is 56.8 Å². The summed E-state index contributed by atoms with van der Waals surface area (Å²) < 4.78 is 16.9. The van der Waals surface area contributed by atoms with Crippen molar-refractivity contribution in [3.63, 3.8) is 0 Å². The van der Waals surface area contributed by atoms with E-state index in [0.717, 1.165) is 24.8 Å². The number of carbonyl (C=O) groups is 1. The predicted molar refractivity (Wildman–Crippen MR) is 89.9 cm³/mol. The Bertz CT molecular complexity index is 712. The Morgan fingerprint density at radius 3 is 2.88 bits per heavy atom. The van der Waals surface area contributed by atoms with Gasteiger partial charge in [0, 0.05) is 12.0 Å². The van der Waals surface area contributed by atoms with Crippen molar-refractivity contribution < 1.29 is 28.9 Å². The Morgan fingerprint density at radius 1 is 1.38 bits per heavy atom. The monoisotopic (exact) mass is 362 g/mol. The number of ether oxygens (including phenoxy) is 2. The average Bonchev–Trinajstić information content (AvgIpc) is 3.23. The van der Waals surface area contributed by atoms with Gasteiger partial charge in [0.1, 0.15) is 11.7 Å². The molecule has 4 fully saturated rings. The van der Waals surface area contributed by atoms with Gasteiger partial charge in [0.2, 0.25) is 0 Å². The van der Waals surface area contributed by atoms with E-state index in [9.17, 15) is 15.0 Å². The third-order valence-corrected chi connectivity index (χ3v) is 8.13. The molecule has 0 bridgehead atoms. The number of furan rings is 1. The fourth-order valence-corrected chi connectivity index (χ4v) is 6.74. The first-order chi connectivity index (χ1) is 12.5. The van der Waals surface area contributed by atoms with Crippen LogP contribution in [0.2, 0.25) is 0 Å². The lowest BCUT2D eigenvalue weighted by Crippen LogP contribution is -2.79. The maximum absolute atomic E-state index is 13.3. The highest BCUT2D eigenvalue weighted by Crippen LogP contribution is 2.71. The maximum atomic E-state index is 13.3.